The van der Waals surface area contributed by atoms with Crippen molar-refractivity contribution >= 4 is 17.6 Å². The third-order valence-corrected chi connectivity index (χ3v) is 3.32. The lowest BCUT2D eigenvalue weighted by Crippen LogP contribution is -2.33. The van der Waals surface area contributed by atoms with E-state index >= 15 is 0 Å². The number of hydrogen-bond donors (Lipinski definition) is 0. The molecule has 1 heterocycles. The van der Waals surface area contributed by atoms with Gasteiger partial charge in [0.25, 0.3) is 0 Å². The number of amides is 1. The highest BCUT2D eigenvalue weighted by Gasteiger charge is 2.21. The van der Waals surface area contributed by atoms with Crippen LogP contribution in [-0.4, -0.2) is 44.0 Å². The maximum absolute atomic E-state index is 11.7. The van der Waals surface area contributed by atoms with Gasteiger partial charge in [0.2, 0.25) is 5.91 Å². The van der Waals surface area contributed by atoms with E-state index in [1.807, 2.05) is 13.1 Å². The monoisotopic (exact) mass is 262 g/mol. The number of carbonyl (C=O) groups excluding carboxylic acids is 2. The Morgan fingerprint density at radius 1 is 1.26 bits per heavy atom. The first-order valence-corrected chi connectivity index (χ1v) is 6.21. The molecule has 5 nitrogen and oxygen atoms in total. The standard InChI is InChI=1S/C14H18N2O3/c1-10(17)16-7-6-15(2)9-12-8-11(14(18)19-3)4-5-13(12)16/h4-5,8H,6-7,9H2,1-3H3. The zero-order valence-corrected chi connectivity index (χ0v) is 11.5. The second kappa shape index (κ2) is 5.40. The fourth-order valence-corrected chi connectivity index (χ4v) is 2.31. The molecule has 0 unspecified atom stereocenters. The van der Waals surface area contributed by atoms with Crippen molar-refractivity contribution in [2.75, 3.05) is 32.1 Å². The van der Waals surface area contributed by atoms with Gasteiger partial charge in [-0.05, 0) is 30.8 Å². The van der Waals surface area contributed by atoms with Crippen LogP contribution in [-0.2, 0) is 16.1 Å². The fourth-order valence-electron chi connectivity index (χ4n) is 2.31. The molecule has 1 aliphatic rings. The van der Waals surface area contributed by atoms with Crippen LogP contribution in [0.1, 0.15) is 22.8 Å². The van der Waals surface area contributed by atoms with Gasteiger partial charge in [0.05, 0.1) is 12.7 Å². The molecule has 0 saturated heterocycles. The molecular weight excluding hydrogens is 244 g/mol. The maximum Gasteiger partial charge on any atom is 0.337 e. The van der Waals surface area contributed by atoms with E-state index in [9.17, 15) is 9.59 Å². The lowest BCUT2D eigenvalue weighted by Gasteiger charge is -2.21. The van der Waals surface area contributed by atoms with Crippen molar-refractivity contribution in [1.82, 2.24) is 4.90 Å². The molecule has 1 aliphatic heterocycles. The lowest BCUT2D eigenvalue weighted by molar-refractivity contribution is -0.116. The van der Waals surface area contributed by atoms with E-state index in [4.69, 9.17) is 4.74 Å². The quantitative estimate of drug-likeness (QED) is 0.715. The summed E-state index contributed by atoms with van der Waals surface area (Å²) >= 11 is 0. The second-order valence-electron chi connectivity index (χ2n) is 4.74. The summed E-state index contributed by atoms with van der Waals surface area (Å²) in [5, 5.41) is 0. The molecule has 0 aromatic heterocycles. The molecule has 0 fully saturated rings. The SMILES string of the molecule is COC(=O)c1ccc2c(c1)CN(C)CCN2C(C)=O. The summed E-state index contributed by atoms with van der Waals surface area (Å²) in [6.07, 6.45) is 0. The first kappa shape index (κ1) is 13.5. The molecule has 0 aliphatic carbocycles. The Morgan fingerprint density at radius 3 is 2.63 bits per heavy atom. The van der Waals surface area contributed by atoms with Crippen LogP contribution in [0.25, 0.3) is 0 Å². The average molecular weight is 262 g/mol. The summed E-state index contributed by atoms with van der Waals surface area (Å²) in [5.41, 5.74) is 2.36. The largest absolute Gasteiger partial charge is 0.465 e. The second-order valence-corrected chi connectivity index (χ2v) is 4.74. The van der Waals surface area contributed by atoms with Gasteiger partial charge in [0.1, 0.15) is 0 Å². The zero-order chi connectivity index (χ0) is 14.0. The highest BCUT2D eigenvalue weighted by molar-refractivity contribution is 5.94. The molecule has 0 bridgehead atoms. The molecule has 0 atom stereocenters. The van der Waals surface area contributed by atoms with Gasteiger partial charge in [-0.3, -0.25) is 4.79 Å². The van der Waals surface area contributed by atoms with E-state index < -0.39 is 0 Å². The minimum Gasteiger partial charge on any atom is -0.465 e. The van der Waals surface area contributed by atoms with E-state index in [0.717, 1.165) is 17.8 Å². The first-order chi connectivity index (χ1) is 9.02. The van der Waals surface area contributed by atoms with Crippen LogP contribution in [0.4, 0.5) is 5.69 Å². The smallest absolute Gasteiger partial charge is 0.337 e. The molecule has 0 radical (unpaired) electrons. The molecule has 102 valence electrons. The highest BCUT2D eigenvalue weighted by Crippen LogP contribution is 2.26. The number of benzene rings is 1. The minimum atomic E-state index is -0.357. The van der Waals surface area contributed by atoms with Crippen LogP contribution >= 0.6 is 0 Å². The van der Waals surface area contributed by atoms with Crippen molar-refractivity contribution in [1.29, 1.82) is 0 Å². The van der Waals surface area contributed by atoms with Gasteiger partial charge < -0.3 is 14.5 Å². The van der Waals surface area contributed by atoms with Crippen LogP contribution in [0.5, 0.6) is 0 Å². The number of esters is 1. The topological polar surface area (TPSA) is 49.9 Å². The van der Waals surface area contributed by atoms with E-state index in [1.165, 1.54) is 7.11 Å². The van der Waals surface area contributed by atoms with Gasteiger partial charge in [0.15, 0.2) is 0 Å². The number of anilines is 1. The number of ether oxygens (including phenoxy) is 1. The summed E-state index contributed by atoms with van der Waals surface area (Å²) in [5.74, 6) is -0.341. The lowest BCUT2D eigenvalue weighted by atomic mass is 10.1. The zero-order valence-electron chi connectivity index (χ0n) is 11.5. The third-order valence-electron chi connectivity index (χ3n) is 3.32. The van der Waals surface area contributed by atoms with E-state index in [1.54, 1.807) is 24.0 Å². The normalized spacial score (nSPS) is 15.6. The third kappa shape index (κ3) is 2.76. The maximum atomic E-state index is 11.7. The summed E-state index contributed by atoms with van der Waals surface area (Å²) in [4.78, 5) is 27.2. The number of rotatable bonds is 1. The number of carbonyl (C=O) groups is 2. The molecule has 0 N–H and O–H groups in total. The van der Waals surface area contributed by atoms with Gasteiger partial charge in [0, 0.05) is 32.2 Å². The molecule has 0 saturated carbocycles. The average Bonchev–Trinajstić information content (AvgIpc) is 2.55. The van der Waals surface area contributed by atoms with E-state index in [-0.39, 0.29) is 11.9 Å². The van der Waals surface area contributed by atoms with Crippen molar-refractivity contribution in [3.63, 3.8) is 0 Å². The van der Waals surface area contributed by atoms with Crippen molar-refractivity contribution in [2.24, 2.45) is 0 Å². The number of fused-ring (bicyclic) bond motifs is 1. The summed E-state index contributed by atoms with van der Waals surface area (Å²) in [6, 6.07) is 5.33. The predicted molar refractivity (Wildman–Crippen MR) is 72.1 cm³/mol. The van der Waals surface area contributed by atoms with Crippen molar-refractivity contribution in [2.45, 2.75) is 13.5 Å². The Labute approximate surface area is 112 Å². The van der Waals surface area contributed by atoms with Gasteiger partial charge >= 0.3 is 5.97 Å². The van der Waals surface area contributed by atoms with E-state index in [0.29, 0.717) is 18.7 Å². The van der Waals surface area contributed by atoms with Crippen LogP contribution in [0.2, 0.25) is 0 Å². The Bertz CT molecular complexity index is 513. The number of methoxy groups -OCH3 is 1. The Hall–Kier alpha value is -1.88. The van der Waals surface area contributed by atoms with Crippen molar-refractivity contribution in [3.05, 3.63) is 29.3 Å². The minimum absolute atomic E-state index is 0.0161. The molecule has 5 heteroatoms. The molecule has 1 amide bonds. The Kier molecular flexibility index (Phi) is 3.85. The fraction of sp³-hybridized carbons (Fsp3) is 0.429. The van der Waals surface area contributed by atoms with Crippen LogP contribution in [0, 0.1) is 0 Å². The molecule has 1 aromatic carbocycles. The molecule has 1 aromatic rings. The van der Waals surface area contributed by atoms with E-state index in [2.05, 4.69) is 4.90 Å². The van der Waals surface area contributed by atoms with Crippen molar-refractivity contribution < 1.29 is 14.3 Å². The first-order valence-electron chi connectivity index (χ1n) is 6.21. The molecule has 2 rings (SSSR count). The van der Waals surface area contributed by atoms with Gasteiger partial charge in [-0.15, -0.1) is 0 Å². The number of hydrogen-bond acceptors (Lipinski definition) is 4. The summed E-state index contributed by atoms with van der Waals surface area (Å²) < 4.78 is 4.73. The van der Waals surface area contributed by atoms with Crippen molar-refractivity contribution in [3.8, 4) is 0 Å². The van der Waals surface area contributed by atoms with Crippen LogP contribution < -0.4 is 4.90 Å². The highest BCUT2D eigenvalue weighted by atomic mass is 16.5. The number of likely N-dealkylation sites (N-methyl/N-ethyl adjacent to an activating group) is 1. The molecule has 19 heavy (non-hydrogen) atoms. The van der Waals surface area contributed by atoms with Crippen LogP contribution in [0.3, 0.4) is 0 Å². The Morgan fingerprint density at radius 2 is 2.00 bits per heavy atom. The molecular formula is C14H18N2O3. The predicted octanol–water partition coefficient (Wildman–Crippen LogP) is 1.27. The Balaban J connectivity index is 2.45. The molecule has 0 spiro atoms. The number of nitrogens with zero attached hydrogens (tertiary/aromatic N) is 2. The van der Waals surface area contributed by atoms with Gasteiger partial charge in [-0.2, -0.15) is 0 Å². The summed E-state index contributed by atoms with van der Waals surface area (Å²) in [6.45, 7) is 3.74. The summed E-state index contributed by atoms with van der Waals surface area (Å²) in [7, 11) is 3.36. The van der Waals surface area contributed by atoms with Gasteiger partial charge in [-0.25, -0.2) is 4.79 Å². The van der Waals surface area contributed by atoms with Crippen LogP contribution in [0.15, 0.2) is 18.2 Å². The van der Waals surface area contributed by atoms with Gasteiger partial charge in [-0.1, -0.05) is 0 Å².